The van der Waals surface area contributed by atoms with Gasteiger partial charge in [0.05, 0.1) is 0 Å². The molecule has 1 heterocycles. The van der Waals surface area contributed by atoms with Crippen LogP contribution in [0, 0.1) is 11.3 Å². The van der Waals surface area contributed by atoms with Crippen LogP contribution in [-0.4, -0.2) is 37.6 Å². The number of hydrogen-bond acceptors (Lipinski definition) is 2. The molecule has 1 N–H and O–H groups in total. The van der Waals surface area contributed by atoms with Crippen molar-refractivity contribution >= 4 is 0 Å². The van der Waals surface area contributed by atoms with Gasteiger partial charge in [0.2, 0.25) is 0 Å². The van der Waals surface area contributed by atoms with Crippen LogP contribution in [0.15, 0.2) is 0 Å². The van der Waals surface area contributed by atoms with Gasteiger partial charge in [0.15, 0.2) is 0 Å². The van der Waals surface area contributed by atoms with E-state index in [-0.39, 0.29) is 0 Å². The van der Waals surface area contributed by atoms with Crippen molar-refractivity contribution in [3.05, 3.63) is 0 Å². The number of likely N-dealkylation sites (tertiary alicyclic amines) is 1. The summed E-state index contributed by atoms with van der Waals surface area (Å²) in [7, 11) is 0. The monoisotopic (exact) mass is 226 g/mol. The highest BCUT2D eigenvalue weighted by Crippen LogP contribution is 2.28. The predicted molar refractivity (Wildman–Crippen MR) is 71.8 cm³/mol. The summed E-state index contributed by atoms with van der Waals surface area (Å²) in [4.78, 5) is 2.65. The molecule has 0 aromatic rings. The summed E-state index contributed by atoms with van der Waals surface area (Å²) in [5.41, 5.74) is 0.537. The molecule has 1 atom stereocenters. The molecule has 2 heteroatoms. The molecule has 2 nitrogen and oxygen atoms in total. The van der Waals surface area contributed by atoms with Gasteiger partial charge in [0, 0.05) is 13.1 Å². The fourth-order valence-electron chi connectivity index (χ4n) is 2.73. The Morgan fingerprint density at radius 2 is 2.12 bits per heavy atom. The van der Waals surface area contributed by atoms with Crippen LogP contribution < -0.4 is 5.32 Å². The molecule has 16 heavy (non-hydrogen) atoms. The van der Waals surface area contributed by atoms with Gasteiger partial charge in [-0.2, -0.15) is 0 Å². The standard InChI is InChI=1S/C14H30N2/c1-5-8-15-10-13(2)11-16-9-6-7-14(3,4)12-16/h13,15H,5-12H2,1-4H3. The van der Waals surface area contributed by atoms with E-state index in [0.717, 1.165) is 12.5 Å². The molecule has 0 aromatic heterocycles. The minimum absolute atomic E-state index is 0.537. The first kappa shape index (κ1) is 14.0. The third kappa shape index (κ3) is 5.31. The molecule has 0 aromatic carbocycles. The molecule has 1 aliphatic heterocycles. The van der Waals surface area contributed by atoms with Gasteiger partial charge in [-0.05, 0) is 50.2 Å². The number of hydrogen-bond donors (Lipinski definition) is 1. The molecule has 0 radical (unpaired) electrons. The Bertz CT molecular complexity index is 189. The summed E-state index contributed by atoms with van der Waals surface area (Å²) in [6.45, 7) is 15.6. The first-order valence-electron chi connectivity index (χ1n) is 6.96. The summed E-state index contributed by atoms with van der Waals surface area (Å²) < 4.78 is 0. The molecular formula is C14H30N2. The van der Waals surface area contributed by atoms with E-state index in [1.807, 2.05) is 0 Å². The van der Waals surface area contributed by atoms with Crippen molar-refractivity contribution in [3.63, 3.8) is 0 Å². The highest BCUT2D eigenvalue weighted by atomic mass is 15.1. The van der Waals surface area contributed by atoms with E-state index >= 15 is 0 Å². The van der Waals surface area contributed by atoms with Crippen molar-refractivity contribution in [1.82, 2.24) is 10.2 Å². The Hall–Kier alpha value is -0.0800. The predicted octanol–water partition coefficient (Wildman–Crippen LogP) is 2.74. The summed E-state index contributed by atoms with van der Waals surface area (Å²) in [6, 6.07) is 0. The fraction of sp³-hybridized carbons (Fsp3) is 1.00. The third-order valence-electron chi connectivity index (χ3n) is 3.47. The molecule has 1 saturated heterocycles. The van der Waals surface area contributed by atoms with Crippen LogP contribution in [-0.2, 0) is 0 Å². The van der Waals surface area contributed by atoms with Crippen molar-refractivity contribution in [2.24, 2.45) is 11.3 Å². The van der Waals surface area contributed by atoms with Crippen LogP contribution >= 0.6 is 0 Å². The molecule has 0 bridgehead atoms. The third-order valence-corrected chi connectivity index (χ3v) is 3.47. The molecule has 1 rings (SSSR count). The van der Waals surface area contributed by atoms with Gasteiger partial charge in [-0.1, -0.05) is 27.7 Å². The van der Waals surface area contributed by atoms with Crippen molar-refractivity contribution in [3.8, 4) is 0 Å². The summed E-state index contributed by atoms with van der Waals surface area (Å²) in [5.74, 6) is 0.778. The number of piperidine rings is 1. The average Bonchev–Trinajstić information content (AvgIpc) is 2.16. The second-order valence-electron chi connectivity index (χ2n) is 6.31. The Labute approximate surface area is 102 Å². The Morgan fingerprint density at radius 1 is 1.38 bits per heavy atom. The highest BCUT2D eigenvalue weighted by Gasteiger charge is 2.26. The van der Waals surface area contributed by atoms with Gasteiger partial charge in [0.1, 0.15) is 0 Å². The van der Waals surface area contributed by atoms with Crippen LogP contribution in [0.3, 0.4) is 0 Å². The van der Waals surface area contributed by atoms with Gasteiger partial charge in [-0.15, -0.1) is 0 Å². The molecule has 96 valence electrons. The zero-order chi connectivity index (χ0) is 12.0. The average molecular weight is 226 g/mol. The molecule has 1 aliphatic rings. The zero-order valence-corrected chi connectivity index (χ0v) is 11.7. The van der Waals surface area contributed by atoms with E-state index in [4.69, 9.17) is 0 Å². The minimum atomic E-state index is 0.537. The summed E-state index contributed by atoms with van der Waals surface area (Å²) >= 11 is 0. The maximum absolute atomic E-state index is 3.52. The number of nitrogens with one attached hydrogen (secondary N) is 1. The quantitative estimate of drug-likeness (QED) is 0.701. The molecule has 1 fully saturated rings. The van der Waals surface area contributed by atoms with Crippen LogP contribution in [0.2, 0.25) is 0 Å². The summed E-state index contributed by atoms with van der Waals surface area (Å²) in [5, 5.41) is 3.52. The molecule has 0 saturated carbocycles. The van der Waals surface area contributed by atoms with Gasteiger partial charge < -0.3 is 10.2 Å². The lowest BCUT2D eigenvalue weighted by atomic mass is 9.84. The molecule has 0 aliphatic carbocycles. The maximum atomic E-state index is 3.52. The highest BCUT2D eigenvalue weighted by molar-refractivity contribution is 4.80. The van der Waals surface area contributed by atoms with Crippen molar-refractivity contribution in [2.75, 3.05) is 32.7 Å². The topological polar surface area (TPSA) is 15.3 Å². The Kier molecular flexibility index (Phi) is 5.77. The lowest BCUT2D eigenvalue weighted by molar-refractivity contribution is 0.104. The Balaban J connectivity index is 2.20. The van der Waals surface area contributed by atoms with E-state index in [0.29, 0.717) is 5.41 Å². The van der Waals surface area contributed by atoms with Gasteiger partial charge >= 0.3 is 0 Å². The van der Waals surface area contributed by atoms with Crippen LogP contribution in [0.1, 0.15) is 47.0 Å². The summed E-state index contributed by atoms with van der Waals surface area (Å²) in [6.07, 6.45) is 4.01. The van der Waals surface area contributed by atoms with E-state index in [1.54, 1.807) is 0 Å². The zero-order valence-electron chi connectivity index (χ0n) is 11.7. The largest absolute Gasteiger partial charge is 0.316 e. The van der Waals surface area contributed by atoms with Crippen LogP contribution in [0.5, 0.6) is 0 Å². The number of nitrogens with zero attached hydrogens (tertiary/aromatic N) is 1. The van der Waals surface area contributed by atoms with Crippen molar-refractivity contribution in [1.29, 1.82) is 0 Å². The molecule has 0 spiro atoms. The first-order valence-corrected chi connectivity index (χ1v) is 6.96. The first-order chi connectivity index (χ1) is 7.53. The van der Waals surface area contributed by atoms with E-state index < -0.39 is 0 Å². The lowest BCUT2D eigenvalue weighted by Crippen LogP contribution is -2.43. The maximum Gasteiger partial charge on any atom is 0.00328 e. The second kappa shape index (κ2) is 6.61. The van der Waals surface area contributed by atoms with Crippen molar-refractivity contribution < 1.29 is 0 Å². The number of rotatable bonds is 6. The van der Waals surface area contributed by atoms with Gasteiger partial charge in [-0.3, -0.25) is 0 Å². The molecule has 1 unspecified atom stereocenters. The van der Waals surface area contributed by atoms with Crippen LogP contribution in [0.4, 0.5) is 0 Å². The van der Waals surface area contributed by atoms with Crippen molar-refractivity contribution in [2.45, 2.75) is 47.0 Å². The second-order valence-corrected chi connectivity index (χ2v) is 6.31. The molecule has 0 amide bonds. The van der Waals surface area contributed by atoms with E-state index in [9.17, 15) is 0 Å². The van der Waals surface area contributed by atoms with E-state index in [1.165, 1.54) is 45.4 Å². The van der Waals surface area contributed by atoms with E-state index in [2.05, 4.69) is 37.9 Å². The lowest BCUT2D eigenvalue weighted by Gasteiger charge is -2.39. The Morgan fingerprint density at radius 3 is 2.75 bits per heavy atom. The SMILES string of the molecule is CCCNCC(C)CN1CCCC(C)(C)C1. The fourth-order valence-corrected chi connectivity index (χ4v) is 2.73. The van der Waals surface area contributed by atoms with Gasteiger partial charge in [0.25, 0.3) is 0 Å². The minimum Gasteiger partial charge on any atom is -0.316 e. The normalized spacial score (nSPS) is 23.2. The van der Waals surface area contributed by atoms with Crippen LogP contribution in [0.25, 0.3) is 0 Å². The smallest absolute Gasteiger partial charge is 0.00328 e. The van der Waals surface area contributed by atoms with Gasteiger partial charge in [-0.25, -0.2) is 0 Å². The molecular weight excluding hydrogens is 196 g/mol.